The van der Waals surface area contributed by atoms with Crippen LogP contribution in [0.4, 0.5) is 0 Å². The summed E-state index contributed by atoms with van der Waals surface area (Å²) in [6, 6.07) is 21.5. The standard InChI is InChI=1S/C22H19N3/c1-2-4-17(5-3-1)18-6-7-21-19(12-18)20-14-25(15-22(20)24-21)13-16-8-10-23-11-9-16/h1-12,24H,13-15H2. The summed E-state index contributed by atoms with van der Waals surface area (Å²) in [5.74, 6) is 0. The maximum atomic E-state index is 4.10. The number of aromatic amines is 1. The largest absolute Gasteiger partial charge is 0.357 e. The quantitative estimate of drug-likeness (QED) is 0.590. The Morgan fingerprint density at radius 2 is 1.72 bits per heavy atom. The first kappa shape index (κ1) is 14.4. The van der Waals surface area contributed by atoms with Crippen molar-refractivity contribution in [2.45, 2.75) is 19.6 Å². The molecule has 0 unspecified atom stereocenters. The van der Waals surface area contributed by atoms with Crippen LogP contribution in [0.15, 0.2) is 73.1 Å². The molecule has 0 radical (unpaired) electrons. The van der Waals surface area contributed by atoms with Gasteiger partial charge in [0.15, 0.2) is 0 Å². The summed E-state index contributed by atoms with van der Waals surface area (Å²) in [6.45, 7) is 2.94. The monoisotopic (exact) mass is 325 g/mol. The van der Waals surface area contributed by atoms with Crippen molar-refractivity contribution in [3.63, 3.8) is 0 Å². The predicted molar refractivity (Wildman–Crippen MR) is 101 cm³/mol. The molecule has 0 atom stereocenters. The van der Waals surface area contributed by atoms with Gasteiger partial charge >= 0.3 is 0 Å². The lowest BCUT2D eigenvalue weighted by Gasteiger charge is -2.15. The van der Waals surface area contributed by atoms with Crippen molar-refractivity contribution < 1.29 is 0 Å². The predicted octanol–water partition coefficient (Wildman–Crippen LogP) is 4.75. The molecule has 5 rings (SSSR count). The van der Waals surface area contributed by atoms with E-state index >= 15 is 0 Å². The van der Waals surface area contributed by atoms with Gasteiger partial charge in [0.1, 0.15) is 0 Å². The highest BCUT2D eigenvalue weighted by atomic mass is 15.2. The summed E-state index contributed by atoms with van der Waals surface area (Å²) in [5, 5.41) is 1.36. The first-order valence-corrected chi connectivity index (χ1v) is 8.67. The van der Waals surface area contributed by atoms with Gasteiger partial charge in [-0.05, 0) is 46.5 Å². The molecule has 2 aromatic carbocycles. The third-order valence-electron chi connectivity index (χ3n) is 5.02. The molecule has 3 heteroatoms. The van der Waals surface area contributed by atoms with Crippen LogP contribution in [-0.4, -0.2) is 14.9 Å². The van der Waals surface area contributed by atoms with Gasteiger partial charge in [-0.3, -0.25) is 9.88 Å². The van der Waals surface area contributed by atoms with Gasteiger partial charge in [-0.1, -0.05) is 36.4 Å². The number of fused-ring (bicyclic) bond motifs is 3. The van der Waals surface area contributed by atoms with E-state index in [0.717, 1.165) is 19.6 Å². The second kappa shape index (κ2) is 5.87. The van der Waals surface area contributed by atoms with Crippen molar-refractivity contribution in [3.05, 3.63) is 89.9 Å². The van der Waals surface area contributed by atoms with Crippen LogP contribution in [-0.2, 0) is 19.6 Å². The molecule has 0 saturated heterocycles. The SMILES string of the molecule is c1ccc(-c2ccc3[nH]c4c(c3c2)CN(Cc2ccncc2)C4)cc1. The maximum Gasteiger partial charge on any atom is 0.0460 e. The zero-order chi connectivity index (χ0) is 16.6. The summed E-state index contributed by atoms with van der Waals surface area (Å²) in [5.41, 5.74) is 7.91. The minimum Gasteiger partial charge on any atom is -0.357 e. The van der Waals surface area contributed by atoms with Crippen LogP contribution in [0.1, 0.15) is 16.8 Å². The van der Waals surface area contributed by atoms with E-state index in [4.69, 9.17) is 0 Å². The van der Waals surface area contributed by atoms with Gasteiger partial charge in [0.05, 0.1) is 0 Å². The molecule has 1 aliphatic rings. The van der Waals surface area contributed by atoms with Crippen LogP contribution < -0.4 is 0 Å². The van der Waals surface area contributed by atoms with E-state index in [9.17, 15) is 0 Å². The van der Waals surface area contributed by atoms with Crippen LogP contribution in [0.25, 0.3) is 22.0 Å². The Morgan fingerprint density at radius 1 is 0.880 bits per heavy atom. The van der Waals surface area contributed by atoms with E-state index in [2.05, 4.69) is 75.5 Å². The Balaban J connectivity index is 1.47. The Labute approximate surface area is 147 Å². The summed E-state index contributed by atoms with van der Waals surface area (Å²) in [6.07, 6.45) is 3.73. The topological polar surface area (TPSA) is 31.9 Å². The van der Waals surface area contributed by atoms with E-state index < -0.39 is 0 Å². The Bertz CT molecular complexity index is 1020. The lowest BCUT2D eigenvalue weighted by molar-refractivity contribution is 0.274. The van der Waals surface area contributed by atoms with Crippen molar-refractivity contribution in [1.29, 1.82) is 0 Å². The highest BCUT2D eigenvalue weighted by Crippen LogP contribution is 2.33. The average Bonchev–Trinajstić information content (AvgIpc) is 3.20. The molecule has 25 heavy (non-hydrogen) atoms. The molecule has 0 aliphatic carbocycles. The molecule has 3 heterocycles. The fourth-order valence-corrected chi connectivity index (χ4v) is 3.79. The number of rotatable bonds is 3. The lowest BCUT2D eigenvalue weighted by Crippen LogP contribution is -2.16. The average molecular weight is 325 g/mol. The molecule has 0 spiro atoms. The second-order valence-electron chi connectivity index (χ2n) is 6.71. The van der Waals surface area contributed by atoms with Gasteiger partial charge in [0.2, 0.25) is 0 Å². The number of H-pyrrole nitrogens is 1. The molecule has 4 aromatic rings. The van der Waals surface area contributed by atoms with Gasteiger partial charge in [-0.2, -0.15) is 0 Å². The number of nitrogens with zero attached hydrogens (tertiary/aromatic N) is 2. The third kappa shape index (κ3) is 2.63. The molecular weight excluding hydrogens is 306 g/mol. The second-order valence-corrected chi connectivity index (χ2v) is 6.71. The van der Waals surface area contributed by atoms with Gasteiger partial charge in [-0.25, -0.2) is 0 Å². The summed E-state index contributed by atoms with van der Waals surface area (Å²) in [7, 11) is 0. The summed E-state index contributed by atoms with van der Waals surface area (Å²) in [4.78, 5) is 10.2. The van der Waals surface area contributed by atoms with E-state index in [-0.39, 0.29) is 0 Å². The Hall–Kier alpha value is -2.91. The normalized spacial score (nSPS) is 14.1. The third-order valence-corrected chi connectivity index (χ3v) is 5.02. The number of aromatic nitrogens is 2. The fraction of sp³-hybridized carbons (Fsp3) is 0.136. The molecule has 2 aromatic heterocycles. The number of hydrogen-bond donors (Lipinski definition) is 1. The molecule has 0 amide bonds. The molecule has 1 N–H and O–H groups in total. The molecule has 1 aliphatic heterocycles. The molecule has 0 bridgehead atoms. The number of nitrogens with one attached hydrogen (secondary N) is 1. The first-order valence-electron chi connectivity index (χ1n) is 8.67. The number of pyridine rings is 1. The van der Waals surface area contributed by atoms with E-state index in [1.165, 1.54) is 38.9 Å². The number of benzene rings is 2. The number of hydrogen-bond acceptors (Lipinski definition) is 2. The van der Waals surface area contributed by atoms with Crippen molar-refractivity contribution in [1.82, 2.24) is 14.9 Å². The van der Waals surface area contributed by atoms with E-state index in [1.807, 2.05) is 12.4 Å². The summed E-state index contributed by atoms with van der Waals surface area (Å²) >= 11 is 0. The molecular formula is C22H19N3. The van der Waals surface area contributed by atoms with Gasteiger partial charge in [-0.15, -0.1) is 0 Å². The highest BCUT2D eigenvalue weighted by molar-refractivity contribution is 5.89. The van der Waals surface area contributed by atoms with Crippen LogP contribution in [0, 0.1) is 0 Å². The summed E-state index contributed by atoms with van der Waals surface area (Å²) < 4.78 is 0. The van der Waals surface area contributed by atoms with Crippen molar-refractivity contribution in [2.24, 2.45) is 0 Å². The van der Waals surface area contributed by atoms with Crippen molar-refractivity contribution >= 4 is 10.9 Å². The minimum absolute atomic E-state index is 0.963. The molecule has 3 nitrogen and oxygen atoms in total. The van der Waals surface area contributed by atoms with Gasteiger partial charge < -0.3 is 4.98 Å². The minimum atomic E-state index is 0.963. The van der Waals surface area contributed by atoms with Gasteiger partial charge in [0, 0.05) is 48.6 Å². The molecule has 0 fully saturated rings. The van der Waals surface area contributed by atoms with Crippen LogP contribution in [0.2, 0.25) is 0 Å². The van der Waals surface area contributed by atoms with E-state index in [1.54, 1.807) is 0 Å². The zero-order valence-electron chi connectivity index (χ0n) is 13.9. The van der Waals surface area contributed by atoms with Crippen LogP contribution >= 0.6 is 0 Å². The highest BCUT2D eigenvalue weighted by Gasteiger charge is 2.23. The lowest BCUT2D eigenvalue weighted by atomic mass is 10.0. The smallest absolute Gasteiger partial charge is 0.0460 e. The van der Waals surface area contributed by atoms with E-state index in [0.29, 0.717) is 0 Å². The van der Waals surface area contributed by atoms with Crippen molar-refractivity contribution in [2.75, 3.05) is 0 Å². The maximum absolute atomic E-state index is 4.10. The Kier molecular flexibility index (Phi) is 3.39. The molecule has 122 valence electrons. The fourth-order valence-electron chi connectivity index (χ4n) is 3.79. The van der Waals surface area contributed by atoms with Crippen molar-refractivity contribution in [3.8, 4) is 11.1 Å². The zero-order valence-corrected chi connectivity index (χ0v) is 13.9. The Morgan fingerprint density at radius 3 is 2.56 bits per heavy atom. The molecule has 0 saturated carbocycles. The van der Waals surface area contributed by atoms with Gasteiger partial charge in [0.25, 0.3) is 0 Å². The van der Waals surface area contributed by atoms with Crippen LogP contribution in [0.3, 0.4) is 0 Å². The van der Waals surface area contributed by atoms with Crippen LogP contribution in [0.5, 0.6) is 0 Å². The first-order chi connectivity index (χ1) is 12.4.